The van der Waals surface area contributed by atoms with Gasteiger partial charge in [-0.3, -0.25) is 0 Å². The topological polar surface area (TPSA) is 30.5 Å². The molecular formula is C15H23NO2. The zero-order chi connectivity index (χ0) is 13.3. The first kappa shape index (κ1) is 13.2. The SMILES string of the molecule is CNC(c1c(OC)cccc1OC)C1CC1(C)C. The van der Waals surface area contributed by atoms with Crippen LogP contribution < -0.4 is 14.8 Å². The maximum atomic E-state index is 5.50. The van der Waals surface area contributed by atoms with Gasteiger partial charge in [-0.25, -0.2) is 0 Å². The van der Waals surface area contributed by atoms with Crippen molar-refractivity contribution < 1.29 is 9.47 Å². The molecule has 2 rings (SSSR count). The Hall–Kier alpha value is -1.22. The second kappa shape index (κ2) is 4.81. The highest BCUT2D eigenvalue weighted by atomic mass is 16.5. The standard InChI is InChI=1S/C15H23NO2/c1-15(2)9-10(15)14(16-3)13-11(17-4)7-6-8-12(13)18-5/h6-8,10,14,16H,9H2,1-5H3. The number of hydrogen-bond donors (Lipinski definition) is 1. The van der Waals surface area contributed by atoms with E-state index in [9.17, 15) is 0 Å². The van der Waals surface area contributed by atoms with E-state index in [1.165, 1.54) is 6.42 Å². The van der Waals surface area contributed by atoms with Gasteiger partial charge in [-0.2, -0.15) is 0 Å². The minimum absolute atomic E-state index is 0.283. The molecule has 2 atom stereocenters. The third kappa shape index (κ3) is 2.19. The Kier molecular flexibility index (Phi) is 3.53. The largest absolute Gasteiger partial charge is 0.496 e. The van der Waals surface area contributed by atoms with Crippen LogP contribution in [0.25, 0.3) is 0 Å². The number of rotatable bonds is 5. The van der Waals surface area contributed by atoms with Gasteiger partial charge in [0.1, 0.15) is 11.5 Å². The zero-order valence-corrected chi connectivity index (χ0v) is 11.9. The first-order valence-electron chi connectivity index (χ1n) is 6.43. The van der Waals surface area contributed by atoms with Crippen LogP contribution in [0.2, 0.25) is 0 Å². The monoisotopic (exact) mass is 249 g/mol. The summed E-state index contributed by atoms with van der Waals surface area (Å²) in [5, 5.41) is 3.43. The molecule has 3 heteroatoms. The van der Waals surface area contributed by atoms with Crippen LogP contribution in [0.1, 0.15) is 31.9 Å². The van der Waals surface area contributed by atoms with Crippen LogP contribution in [0, 0.1) is 11.3 Å². The fourth-order valence-electron chi connectivity index (χ4n) is 2.81. The fourth-order valence-corrected chi connectivity index (χ4v) is 2.81. The van der Waals surface area contributed by atoms with Crippen molar-refractivity contribution in [3.05, 3.63) is 23.8 Å². The van der Waals surface area contributed by atoms with Crippen LogP contribution in [0.3, 0.4) is 0 Å². The number of benzene rings is 1. The van der Waals surface area contributed by atoms with Crippen molar-refractivity contribution in [2.45, 2.75) is 26.3 Å². The lowest BCUT2D eigenvalue weighted by molar-refractivity contribution is 0.356. The minimum atomic E-state index is 0.283. The zero-order valence-electron chi connectivity index (χ0n) is 11.9. The van der Waals surface area contributed by atoms with Gasteiger partial charge in [-0.15, -0.1) is 0 Å². The molecule has 0 saturated heterocycles. The van der Waals surface area contributed by atoms with Gasteiger partial charge in [-0.05, 0) is 36.9 Å². The average molecular weight is 249 g/mol. The van der Waals surface area contributed by atoms with Gasteiger partial charge in [0.15, 0.2) is 0 Å². The molecule has 18 heavy (non-hydrogen) atoms. The first-order valence-corrected chi connectivity index (χ1v) is 6.43. The van der Waals surface area contributed by atoms with Crippen LogP contribution in [0.15, 0.2) is 18.2 Å². The highest BCUT2D eigenvalue weighted by molar-refractivity contribution is 5.48. The molecule has 0 bridgehead atoms. The Labute approximate surface area is 109 Å². The van der Waals surface area contributed by atoms with E-state index < -0.39 is 0 Å². The maximum Gasteiger partial charge on any atom is 0.127 e. The summed E-state index contributed by atoms with van der Waals surface area (Å²) in [5.74, 6) is 2.43. The molecule has 0 heterocycles. The summed E-state index contributed by atoms with van der Waals surface area (Å²) >= 11 is 0. The Balaban J connectivity index is 2.41. The lowest BCUT2D eigenvalue weighted by Gasteiger charge is -2.23. The lowest BCUT2D eigenvalue weighted by atomic mass is 9.95. The van der Waals surface area contributed by atoms with Gasteiger partial charge in [0.2, 0.25) is 0 Å². The van der Waals surface area contributed by atoms with Crippen LogP contribution in [-0.4, -0.2) is 21.3 Å². The summed E-state index contributed by atoms with van der Waals surface area (Å²) < 4.78 is 11.0. The fraction of sp³-hybridized carbons (Fsp3) is 0.600. The Morgan fingerprint density at radius 2 is 1.72 bits per heavy atom. The molecule has 0 spiro atoms. The third-order valence-electron chi connectivity index (χ3n) is 4.08. The van der Waals surface area contributed by atoms with E-state index in [0.29, 0.717) is 11.3 Å². The highest BCUT2D eigenvalue weighted by Crippen LogP contribution is 2.59. The molecule has 100 valence electrons. The van der Waals surface area contributed by atoms with E-state index in [-0.39, 0.29) is 6.04 Å². The maximum absolute atomic E-state index is 5.50. The second-order valence-corrected chi connectivity index (χ2v) is 5.64. The van der Waals surface area contributed by atoms with Crippen LogP contribution in [0.5, 0.6) is 11.5 Å². The van der Waals surface area contributed by atoms with Crippen molar-refractivity contribution in [3.8, 4) is 11.5 Å². The molecule has 2 unspecified atom stereocenters. The molecular weight excluding hydrogens is 226 g/mol. The molecule has 0 aromatic heterocycles. The van der Waals surface area contributed by atoms with E-state index in [0.717, 1.165) is 17.1 Å². The van der Waals surface area contributed by atoms with Crippen LogP contribution in [-0.2, 0) is 0 Å². The number of methoxy groups -OCH3 is 2. The van der Waals surface area contributed by atoms with Gasteiger partial charge in [0.25, 0.3) is 0 Å². The van der Waals surface area contributed by atoms with E-state index in [1.807, 2.05) is 25.2 Å². The van der Waals surface area contributed by atoms with Crippen LogP contribution in [0.4, 0.5) is 0 Å². The summed E-state index contributed by atoms with van der Waals surface area (Å²) in [5.41, 5.74) is 1.54. The van der Waals surface area contributed by atoms with Crippen molar-refractivity contribution in [2.75, 3.05) is 21.3 Å². The Bertz CT molecular complexity index is 406. The quantitative estimate of drug-likeness (QED) is 0.870. The highest BCUT2D eigenvalue weighted by Gasteiger charge is 2.51. The minimum Gasteiger partial charge on any atom is -0.496 e. The smallest absolute Gasteiger partial charge is 0.127 e. The lowest BCUT2D eigenvalue weighted by Crippen LogP contribution is -2.22. The van der Waals surface area contributed by atoms with Gasteiger partial charge >= 0.3 is 0 Å². The van der Waals surface area contributed by atoms with Crippen molar-refractivity contribution in [1.82, 2.24) is 5.32 Å². The molecule has 3 nitrogen and oxygen atoms in total. The summed E-state index contributed by atoms with van der Waals surface area (Å²) in [6.45, 7) is 4.62. The van der Waals surface area contributed by atoms with Gasteiger partial charge in [-0.1, -0.05) is 19.9 Å². The molecule has 0 amide bonds. The van der Waals surface area contributed by atoms with Gasteiger partial charge in [0, 0.05) is 6.04 Å². The summed E-state index contributed by atoms with van der Waals surface area (Å²) in [7, 11) is 5.43. The Morgan fingerprint density at radius 1 is 1.22 bits per heavy atom. The molecule has 1 saturated carbocycles. The van der Waals surface area contributed by atoms with Crippen molar-refractivity contribution in [3.63, 3.8) is 0 Å². The molecule has 1 aromatic rings. The van der Waals surface area contributed by atoms with E-state index >= 15 is 0 Å². The number of hydrogen-bond acceptors (Lipinski definition) is 3. The van der Waals surface area contributed by atoms with Gasteiger partial charge < -0.3 is 14.8 Å². The number of nitrogens with one attached hydrogen (secondary N) is 1. The normalized spacial score (nSPS) is 22.4. The molecule has 1 N–H and O–H groups in total. The predicted molar refractivity (Wildman–Crippen MR) is 73.2 cm³/mol. The molecule has 1 aliphatic carbocycles. The second-order valence-electron chi connectivity index (χ2n) is 5.64. The molecule has 1 aromatic carbocycles. The Morgan fingerprint density at radius 3 is 2.06 bits per heavy atom. The van der Waals surface area contributed by atoms with Crippen LogP contribution >= 0.6 is 0 Å². The van der Waals surface area contributed by atoms with Crippen molar-refractivity contribution in [2.24, 2.45) is 11.3 Å². The van der Waals surface area contributed by atoms with E-state index in [1.54, 1.807) is 14.2 Å². The third-order valence-corrected chi connectivity index (χ3v) is 4.08. The molecule has 0 radical (unpaired) electrons. The predicted octanol–water partition coefficient (Wildman–Crippen LogP) is 3.01. The van der Waals surface area contributed by atoms with E-state index in [2.05, 4.69) is 19.2 Å². The van der Waals surface area contributed by atoms with Crippen molar-refractivity contribution >= 4 is 0 Å². The molecule has 1 aliphatic rings. The first-order chi connectivity index (χ1) is 8.55. The van der Waals surface area contributed by atoms with Gasteiger partial charge in [0.05, 0.1) is 19.8 Å². The molecule has 0 aliphatic heterocycles. The summed E-state index contributed by atoms with van der Waals surface area (Å²) in [6.07, 6.45) is 1.24. The number of ether oxygens (including phenoxy) is 2. The molecule has 1 fully saturated rings. The average Bonchev–Trinajstić information content (AvgIpc) is 2.99. The summed E-state index contributed by atoms with van der Waals surface area (Å²) in [6, 6.07) is 6.24. The van der Waals surface area contributed by atoms with Crippen molar-refractivity contribution in [1.29, 1.82) is 0 Å². The summed E-state index contributed by atoms with van der Waals surface area (Å²) in [4.78, 5) is 0. The van der Waals surface area contributed by atoms with E-state index in [4.69, 9.17) is 9.47 Å².